The molecule has 2 N–H and O–H groups in total. The third-order valence-electron chi connectivity index (χ3n) is 3.91. The van der Waals surface area contributed by atoms with Crippen molar-refractivity contribution in [1.29, 1.82) is 0 Å². The lowest BCUT2D eigenvalue weighted by molar-refractivity contribution is 0.0593. The highest BCUT2D eigenvalue weighted by Gasteiger charge is 2.29. The smallest absolute Gasteiger partial charge is 0.341 e. The first kappa shape index (κ1) is 23.3. The SMILES string of the molecule is COC(=O)c1cc(S(=O)(=O)NCCNc2cc(OC)cc(OC)c2)c(F)c(F)c1F. The van der Waals surface area contributed by atoms with Gasteiger partial charge in [0.1, 0.15) is 16.4 Å². The predicted octanol–water partition coefficient (Wildman–Crippen LogP) is 2.30. The Kier molecular flexibility index (Phi) is 7.51. The first-order valence-corrected chi connectivity index (χ1v) is 9.85. The Morgan fingerprint density at radius 1 is 0.900 bits per heavy atom. The monoisotopic (exact) mass is 448 g/mol. The molecule has 2 aromatic rings. The molecule has 12 heteroatoms. The lowest BCUT2D eigenvalue weighted by Crippen LogP contribution is -2.30. The zero-order valence-corrected chi connectivity index (χ0v) is 17.0. The first-order valence-electron chi connectivity index (χ1n) is 8.37. The zero-order chi connectivity index (χ0) is 22.5. The van der Waals surface area contributed by atoms with E-state index in [1.165, 1.54) is 14.2 Å². The number of rotatable bonds is 9. The van der Waals surface area contributed by atoms with Crippen LogP contribution in [0.3, 0.4) is 0 Å². The quantitative estimate of drug-likeness (QED) is 0.345. The number of nitrogens with one attached hydrogen (secondary N) is 2. The summed E-state index contributed by atoms with van der Waals surface area (Å²) in [6, 6.07) is 5.28. The van der Waals surface area contributed by atoms with Crippen molar-refractivity contribution < 1.29 is 40.6 Å². The number of halogens is 3. The summed E-state index contributed by atoms with van der Waals surface area (Å²) in [4.78, 5) is 10.3. The van der Waals surface area contributed by atoms with Crippen molar-refractivity contribution in [2.75, 3.05) is 39.7 Å². The molecule has 2 aromatic carbocycles. The molecule has 0 bridgehead atoms. The Morgan fingerprint density at radius 2 is 1.50 bits per heavy atom. The molecule has 0 atom stereocenters. The third kappa shape index (κ3) is 5.13. The fourth-order valence-corrected chi connectivity index (χ4v) is 3.54. The van der Waals surface area contributed by atoms with Gasteiger partial charge in [0.05, 0.1) is 26.9 Å². The van der Waals surface area contributed by atoms with Crippen LogP contribution in [0.15, 0.2) is 29.2 Å². The second kappa shape index (κ2) is 9.67. The summed E-state index contributed by atoms with van der Waals surface area (Å²) in [5.74, 6) is -6.24. The summed E-state index contributed by atoms with van der Waals surface area (Å²) in [5, 5.41) is 2.90. The van der Waals surface area contributed by atoms with E-state index in [0.29, 0.717) is 23.3 Å². The number of sulfonamides is 1. The highest BCUT2D eigenvalue weighted by atomic mass is 32.2. The molecule has 30 heavy (non-hydrogen) atoms. The summed E-state index contributed by atoms with van der Waals surface area (Å²) < 4.78 is 82.7. The average molecular weight is 448 g/mol. The molecule has 0 aliphatic heterocycles. The number of hydrogen-bond donors (Lipinski definition) is 2. The largest absolute Gasteiger partial charge is 0.497 e. The number of esters is 1. The molecule has 0 saturated heterocycles. The van der Waals surface area contributed by atoms with Crippen LogP contribution in [0, 0.1) is 17.5 Å². The predicted molar refractivity (Wildman–Crippen MR) is 101 cm³/mol. The molecule has 0 radical (unpaired) electrons. The zero-order valence-electron chi connectivity index (χ0n) is 16.2. The van der Waals surface area contributed by atoms with Gasteiger partial charge in [0.25, 0.3) is 0 Å². The number of methoxy groups -OCH3 is 3. The summed E-state index contributed by atoms with van der Waals surface area (Å²) in [5.41, 5.74) is -0.490. The van der Waals surface area contributed by atoms with Crippen molar-refractivity contribution in [2.45, 2.75) is 4.90 Å². The number of hydrogen-bond acceptors (Lipinski definition) is 7. The maximum absolute atomic E-state index is 14.0. The van der Waals surface area contributed by atoms with E-state index in [1.54, 1.807) is 18.2 Å². The fraction of sp³-hybridized carbons (Fsp3) is 0.278. The van der Waals surface area contributed by atoms with Gasteiger partial charge in [-0.3, -0.25) is 0 Å². The molecule has 0 saturated carbocycles. The Balaban J connectivity index is 2.15. The van der Waals surface area contributed by atoms with Crippen molar-refractivity contribution >= 4 is 21.7 Å². The van der Waals surface area contributed by atoms with Gasteiger partial charge >= 0.3 is 5.97 Å². The van der Waals surface area contributed by atoms with Crippen LogP contribution in [-0.4, -0.2) is 48.8 Å². The average Bonchev–Trinajstić information content (AvgIpc) is 2.74. The Hall–Kier alpha value is -2.99. The minimum Gasteiger partial charge on any atom is -0.497 e. The summed E-state index contributed by atoms with van der Waals surface area (Å²) >= 11 is 0. The minimum atomic E-state index is -4.60. The Labute approximate surface area is 171 Å². The van der Waals surface area contributed by atoms with Crippen molar-refractivity contribution in [2.24, 2.45) is 0 Å². The number of anilines is 1. The number of carbonyl (C=O) groups is 1. The van der Waals surface area contributed by atoms with Gasteiger partial charge in [-0.15, -0.1) is 0 Å². The van der Waals surface area contributed by atoms with Gasteiger partial charge < -0.3 is 19.5 Å². The molecule has 0 aliphatic rings. The summed E-state index contributed by atoms with van der Waals surface area (Å²) in [7, 11) is -0.792. The van der Waals surface area contributed by atoms with E-state index >= 15 is 0 Å². The third-order valence-corrected chi connectivity index (χ3v) is 5.37. The lowest BCUT2D eigenvalue weighted by atomic mass is 10.2. The van der Waals surface area contributed by atoms with E-state index < -0.39 is 43.9 Å². The van der Waals surface area contributed by atoms with Gasteiger partial charge in [-0.05, 0) is 6.07 Å². The molecule has 0 fully saturated rings. The molecular formula is C18H19F3N2O6S. The van der Waals surface area contributed by atoms with Crippen molar-refractivity contribution in [3.8, 4) is 11.5 Å². The van der Waals surface area contributed by atoms with Gasteiger partial charge in [0, 0.05) is 37.0 Å². The van der Waals surface area contributed by atoms with Crippen LogP contribution in [-0.2, 0) is 14.8 Å². The Bertz CT molecular complexity index is 1020. The summed E-state index contributed by atoms with van der Waals surface area (Å²) in [6.07, 6.45) is 0. The topological polar surface area (TPSA) is 103 Å². The molecule has 0 aliphatic carbocycles. The second-order valence-electron chi connectivity index (χ2n) is 5.78. The highest BCUT2D eigenvalue weighted by molar-refractivity contribution is 7.89. The van der Waals surface area contributed by atoms with E-state index in [1.807, 2.05) is 4.72 Å². The first-order chi connectivity index (χ1) is 14.1. The van der Waals surface area contributed by atoms with Crippen LogP contribution in [0.2, 0.25) is 0 Å². The Morgan fingerprint density at radius 3 is 2.03 bits per heavy atom. The number of carbonyl (C=O) groups excluding carboxylic acids is 1. The van der Waals surface area contributed by atoms with Crippen LogP contribution < -0.4 is 19.5 Å². The molecule has 2 rings (SSSR count). The van der Waals surface area contributed by atoms with Gasteiger partial charge in [0.15, 0.2) is 17.5 Å². The number of ether oxygens (including phenoxy) is 3. The molecule has 0 unspecified atom stereocenters. The second-order valence-corrected chi connectivity index (χ2v) is 7.52. The normalized spacial score (nSPS) is 11.1. The lowest BCUT2D eigenvalue weighted by Gasteiger charge is -2.13. The van der Waals surface area contributed by atoms with Gasteiger partial charge in [-0.25, -0.2) is 31.1 Å². The minimum absolute atomic E-state index is 0.0463. The molecule has 0 spiro atoms. The summed E-state index contributed by atoms with van der Waals surface area (Å²) in [6.45, 7) is -0.196. The molecule has 8 nitrogen and oxygen atoms in total. The van der Waals surface area contributed by atoms with Crippen LogP contribution >= 0.6 is 0 Å². The molecule has 0 amide bonds. The van der Waals surface area contributed by atoms with Crippen molar-refractivity contribution in [3.63, 3.8) is 0 Å². The standard InChI is InChI=1S/C18H19F3N2O6S/c1-27-11-6-10(7-12(8-11)28-2)22-4-5-23-30(25,26)14-9-13(18(24)29-3)15(19)17(21)16(14)20/h6-9,22-23H,4-5H2,1-3H3. The highest BCUT2D eigenvalue weighted by Crippen LogP contribution is 2.26. The van der Waals surface area contributed by atoms with E-state index in [9.17, 15) is 26.4 Å². The van der Waals surface area contributed by atoms with Gasteiger partial charge in [-0.2, -0.15) is 0 Å². The van der Waals surface area contributed by atoms with Gasteiger partial charge in [-0.1, -0.05) is 0 Å². The van der Waals surface area contributed by atoms with E-state index in [4.69, 9.17) is 9.47 Å². The molecule has 164 valence electrons. The maximum Gasteiger partial charge on any atom is 0.341 e. The molecular weight excluding hydrogens is 429 g/mol. The number of benzene rings is 2. The van der Waals surface area contributed by atoms with E-state index in [-0.39, 0.29) is 13.1 Å². The molecule has 0 aromatic heterocycles. The van der Waals surface area contributed by atoms with E-state index in [0.717, 1.165) is 7.11 Å². The van der Waals surface area contributed by atoms with Crippen LogP contribution in [0.1, 0.15) is 10.4 Å². The van der Waals surface area contributed by atoms with Gasteiger partial charge in [0.2, 0.25) is 10.0 Å². The van der Waals surface area contributed by atoms with Crippen LogP contribution in [0.25, 0.3) is 0 Å². The maximum atomic E-state index is 14.0. The van der Waals surface area contributed by atoms with E-state index in [2.05, 4.69) is 10.1 Å². The molecule has 0 heterocycles. The van der Waals surface area contributed by atoms with Crippen LogP contribution in [0.5, 0.6) is 11.5 Å². The fourth-order valence-electron chi connectivity index (χ4n) is 2.41. The van der Waals surface area contributed by atoms with Crippen LogP contribution in [0.4, 0.5) is 18.9 Å². The van der Waals surface area contributed by atoms with Crippen molar-refractivity contribution in [1.82, 2.24) is 4.72 Å². The van der Waals surface area contributed by atoms with Crippen molar-refractivity contribution in [3.05, 3.63) is 47.3 Å².